The summed E-state index contributed by atoms with van der Waals surface area (Å²) < 4.78 is 18.6. The molecule has 0 radical (unpaired) electrons. The molecule has 0 spiro atoms. The normalized spacial score (nSPS) is 19.2. The average Bonchev–Trinajstić information content (AvgIpc) is 2.27. The van der Waals surface area contributed by atoms with Crippen molar-refractivity contribution in [3.8, 4) is 0 Å². The fraction of sp³-hybridized carbons (Fsp3) is 0.364. The van der Waals surface area contributed by atoms with Crippen LogP contribution in [0.1, 0.15) is 22.8 Å². The highest BCUT2D eigenvalue weighted by Crippen LogP contribution is 2.31. The molecule has 86 valence electrons. The topological polar surface area (TPSA) is 46.5 Å². The van der Waals surface area contributed by atoms with E-state index in [9.17, 15) is 9.18 Å². The van der Waals surface area contributed by atoms with Gasteiger partial charge in [0.25, 0.3) is 0 Å². The highest BCUT2D eigenvalue weighted by molar-refractivity contribution is 6.17. The lowest BCUT2D eigenvalue weighted by molar-refractivity contribution is -0.151. The summed E-state index contributed by atoms with van der Waals surface area (Å²) in [4.78, 5) is 10.9. The lowest BCUT2D eigenvalue weighted by atomic mass is 9.93. The molecule has 1 aromatic rings. The molecular weight excluding hydrogens is 235 g/mol. The summed E-state index contributed by atoms with van der Waals surface area (Å²) in [5.41, 5.74) is 1.57. The summed E-state index contributed by atoms with van der Waals surface area (Å²) in [6.07, 6.45) is -0.509. The lowest BCUT2D eigenvalue weighted by Gasteiger charge is -2.24. The van der Waals surface area contributed by atoms with E-state index in [0.29, 0.717) is 23.1 Å². The van der Waals surface area contributed by atoms with Gasteiger partial charge in [0.15, 0.2) is 6.10 Å². The molecule has 1 aliphatic heterocycles. The Bertz CT molecular complexity index is 433. The van der Waals surface area contributed by atoms with Gasteiger partial charge in [0.1, 0.15) is 5.82 Å². The zero-order valence-corrected chi connectivity index (χ0v) is 9.13. The first kappa shape index (κ1) is 11.4. The second-order valence-corrected chi connectivity index (χ2v) is 3.83. The molecule has 0 unspecified atom stereocenters. The third kappa shape index (κ3) is 1.79. The molecule has 0 fully saturated rings. The molecule has 5 heteroatoms. The quantitative estimate of drug-likeness (QED) is 0.812. The number of rotatable bonds is 2. The molecule has 0 saturated carbocycles. The van der Waals surface area contributed by atoms with Crippen LogP contribution >= 0.6 is 11.6 Å². The zero-order valence-electron chi connectivity index (χ0n) is 8.37. The molecule has 1 heterocycles. The first-order valence-electron chi connectivity index (χ1n) is 4.85. The van der Waals surface area contributed by atoms with Crippen molar-refractivity contribution in [2.24, 2.45) is 0 Å². The van der Waals surface area contributed by atoms with Crippen LogP contribution in [0, 0.1) is 5.82 Å². The maximum atomic E-state index is 13.4. The van der Waals surface area contributed by atoms with Crippen LogP contribution in [0.15, 0.2) is 12.1 Å². The van der Waals surface area contributed by atoms with Crippen LogP contribution in [-0.2, 0) is 21.8 Å². The predicted octanol–water partition coefficient (Wildman–Crippen LogP) is 2.26. The van der Waals surface area contributed by atoms with Crippen molar-refractivity contribution in [2.45, 2.75) is 18.4 Å². The Morgan fingerprint density at radius 2 is 2.38 bits per heavy atom. The van der Waals surface area contributed by atoms with Crippen molar-refractivity contribution in [1.82, 2.24) is 0 Å². The molecule has 16 heavy (non-hydrogen) atoms. The number of hydrogen-bond donors (Lipinski definition) is 1. The second kappa shape index (κ2) is 4.39. The fourth-order valence-corrected chi connectivity index (χ4v) is 2.23. The van der Waals surface area contributed by atoms with E-state index in [-0.39, 0.29) is 18.3 Å². The molecule has 1 aromatic carbocycles. The number of halogens is 2. The van der Waals surface area contributed by atoms with E-state index in [1.165, 1.54) is 12.1 Å². The maximum Gasteiger partial charge on any atom is 0.337 e. The molecule has 0 bridgehead atoms. The average molecular weight is 245 g/mol. The largest absolute Gasteiger partial charge is 0.479 e. The van der Waals surface area contributed by atoms with Gasteiger partial charge in [-0.2, -0.15) is 0 Å². The molecule has 0 saturated heterocycles. The standard InChI is InChI=1S/C11H10ClFO3/c12-5-8-6-3-4-16-10(11(14)15)7(6)1-2-9(8)13/h1-2,10H,3-5H2,(H,14,15)/t10-/m0/s1. The monoisotopic (exact) mass is 244 g/mol. The second-order valence-electron chi connectivity index (χ2n) is 3.57. The van der Waals surface area contributed by atoms with Gasteiger partial charge in [-0.25, -0.2) is 9.18 Å². The summed E-state index contributed by atoms with van der Waals surface area (Å²) >= 11 is 5.67. The van der Waals surface area contributed by atoms with Crippen LogP contribution in [0.25, 0.3) is 0 Å². The van der Waals surface area contributed by atoms with Crippen LogP contribution < -0.4 is 0 Å². The van der Waals surface area contributed by atoms with Crippen molar-refractivity contribution in [1.29, 1.82) is 0 Å². The van der Waals surface area contributed by atoms with Gasteiger partial charge in [0, 0.05) is 5.56 Å². The van der Waals surface area contributed by atoms with Gasteiger partial charge in [0.05, 0.1) is 12.5 Å². The SMILES string of the molecule is O=C(O)[C@H]1OCCc2c1ccc(F)c2CCl. The zero-order chi connectivity index (χ0) is 11.7. The Morgan fingerprint density at radius 3 is 3.00 bits per heavy atom. The Balaban J connectivity index is 2.55. The molecule has 1 N–H and O–H groups in total. The van der Waals surface area contributed by atoms with Crippen molar-refractivity contribution in [3.05, 3.63) is 34.6 Å². The minimum absolute atomic E-state index is 0.0430. The molecule has 0 amide bonds. The van der Waals surface area contributed by atoms with Gasteiger partial charge < -0.3 is 9.84 Å². The lowest BCUT2D eigenvalue weighted by Crippen LogP contribution is -2.24. The molecule has 2 rings (SSSR count). The fourth-order valence-electron chi connectivity index (χ4n) is 1.94. The minimum Gasteiger partial charge on any atom is -0.479 e. The van der Waals surface area contributed by atoms with Crippen molar-refractivity contribution in [3.63, 3.8) is 0 Å². The van der Waals surface area contributed by atoms with Gasteiger partial charge in [-0.3, -0.25) is 0 Å². The van der Waals surface area contributed by atoms with Crippen LogP contribution in [0.2, 0.25) is 0 Å². The summed E-state index contributed by atoms with van der Waals surface area (Å²) in [5, 5.41) is 8.97. The van der Waals surface area contributed by atoms with E-state index < -0.39 is 12.1 Å². The van der Waals surface area contributed by atoms with Gasteiger partial charge in [-0.15, -0.1) is 11.6 Å². The van der Waals surface area contributed by atoms with Crippen LogP contribution in [-0.4, -0.2) is 17.7 Å². The molecular formula is C11H10ClFO3. The Hall–Kier alpha value is -1.13. The summed E-state index contributed by atoms with van der Waals surface area (Å²) in [5.74, 6) is -1.41. The highest BCUT2D eigenvalue weighted by atomic mass is 35.5. The molecule has 0 aromatic heterocycles. The van der Waals surface area contributed by atoms with E-state index in [2.05, 4.69) is 0 Å². The Kier molecular flexibility index (Phi) is 3.12. The molecule has 1 aliphatic rings. The smallest absolute Gasteiger partial charge is 0.337 e. The Labute approximate surface area is 96.8 Å². The van der Waals surface area contributed by atoms with Crippen LogP contribution in [0.3, 0.4) is 0 Å². The number of benzene rings is 1. The van der Waals surface area contributed by atoms with Gasteiger partial charge in [-0.1, -0.05) is 6.07 Å². The maximum absolute atomic E-state index is 13.4. The first-order valence-corrected chi connectivity index (χ1v) is 5.39. The predicted molar refractivity (Wildman–Crippen MR) is 56.0 cm³/mol. The summed E-state index contributed by atoms with van der Waals surface area (Å²) in [6.45, 7) is 0.275. The number of aliphatic carboxylic acids is 1. The van der Waals surface area contributed by atoms with E-state index in [4.69, 9.17) is 21.4 Å². The number of carboxylic acids is 1. The van der Waals surface area contributed by atoms with Gasteiger partial charge in [0.2, 0.25) is 0 Å². The third-order valence-electron chi connectivity index (χ3n) is 2.69. The van der Waals surface area contributed by atoms with E-state index in [0.717, 1.165) is 0 Å². The highest BCUT2D eigenvalue weighted by Gasteiger charge is 2.29. The Morgan fingerprint density at radius 1 is 1.62 bits per heavy atom. The van der Waals surface area contributed by atoms with E-state index in [1.807, 2.05) is 0 Å². The molecule has 1 atom stereocenters. The van der Waals surface area contributed by atoms with Crippen molar-refractivity contribution < 1.29 is 19.0 Å². The number of hydrogen-bond acceptors (Lipinski definition) is 2. The number of carboxylic acid groups (broad SMARTS) is 1. The third-order valence-corrected chi connectivity index (χ3v) is 2.95. The molecule has 3 nitrogen and oxygen atoms in total. The van der Waals surface area contributed by atoms with Crippen molar-refractivity contribution >= 4 is 17.6 Å². The number of alkyl halides is 1. The molecule has 0 aliphatic carbocycles. The van der Waals surface area contributed by atoms with E-state index in [1.54, 1.807) is 0 Å². The number of ether oxygens (including phenoxy) is 1. The summed E-state index contributed by atoms with van der Waals surface area (Å²) in [6, 6.07) is 2.69. The first-order chi connectivity index (χ1) is 7.65. The number of fused-ring (bicyclic) bond motifs is 1. The number of carbonyl (C=O) groups is 1. The van der Waals surface area contributed by atoms with Gasteiger partial charge >= 0.3 is 5.97 Å². The van der Waals surface area contributed by atoms with Gasteiger partial charge in [-0.05, 0) is 23.6 Å². The summed E-state index contributed by atoms with van der Waals surface area (Å²) in [7, 11) is 0. The minimum atomic E-state index is -1.06. The van der Waals surface area contributed by atoms with E-state index >= 15 is 0 Å². The van der Waals surface area contributed by atoms with Crippen LogP contribution in [0.4, 0.5) is 4.39 Å². The van der Waals surface area contributed by atoms with Crippen molar-refractivity contribution in [2.75, 3.05) is 6.61 Å². The van der Waals surface area contributed by atoms with Crippen LogP contribution in [0.5, 0.6) is 0 Å².